The van der Waals surface area contributed by atoms with Crippen LogP contribution in [0, 0.1) is 6.92 Å². The molecule has 0 aliphatic carbocycles. The van der Waals surface area contributed by atoms with Crippen molar-refractivity contribution < 1.29 is 13.2 Å². The van der Waals surface area contributed by atoms with E-state index in [4.69, 9.17) is 0 Å². The first kappa shape index (κ1) is 23.0. The number of piperazine rings is 1. The van der Waals surface area contributed by atoms with Gasteiger partial charge in [-0.2, -0.15) is 4.98 Å². The molecule has 1 aliphatic rings. The SMILES string of the molecule is CCNc1cc(C)nc(N2CCN(C(=O)Cc3ccc(S(=O)(=O)C(C)C)cc3)CC2)n1. The molecule has 1 N–H and O–H groups in total. The largest absolute Gasteiger partial charge is 0.370 e. The van der Waals surface area contributed by atoms with Crippen molar-refractivity contribution in [3.8, 4) is 0 Å². The molecule has 1 saturated heterocycles. The summed E-state index contributed by atoms with van der Waals surface area (Å²) in [6, 6.07) is 8.56. The van der Waals surface area contributed by atoms with Crippen molar-refractivity contribution in [3.05, 3.63) is 41.6 Å². The number of benzene rings is 1. The molecule has 2 heterocycles. The van der Waals surface area contributed by atoms with Gasteiger partial charge in [-0.15, -0.1) is 0 Å². The van der Waals surface area contributed by atoms with Crippen LogP contribution in [0.3, 0.4) is 0 Å². The molecule has 0 radical (unpaired) electrons. The molecule has 0 bridgehead atoms. The molecule has 0 atom stereocenters. The third-order valence-electron chi connectivity index (χ3n) is 5.34. The lowest BCUT2D eigenvalue weighted by Gasteiger charge is -2.35. The zero-order chi connectivity index (χ0) is 22.6. The predicted molar refractivity (Wildman–Crippen MR) is 122 cm³/mol. The third kappa shape index (κ3) is 5.52. The maximum Gasteiger partial charge on any atom is 0.227 e. The summed E-state index contributed by atoms with van der Waals surface area (Å²) in [5.74, 6) is 1.54. The van der Waals surface area contributed by atoms with Gasteiger partial charge in [-0.1, -0.05) is 12.1 Å². The van der Waals surface area contributed by atoms with Crippen molar-refractivity contribution in [3.63, 3.8) is 0 Å². The zero-order valence-corrected chi connectivity index (χ0v) is 19.4. The van der Waals surface area contributed by atoms with E-state index in [-0.39, 0.29) is 12.3 Å². The molecule has 1 aromatic carbocycles. The number of nitrogens with one attached hydrogen (secondary N) is 1. The van der Waals surface area contributed by atoms with Crippen LogP contribution >= 0.6 is 0 Å². The van der Waals surface area contributed by atoms with Crippen molar-refractivity contribution >= 4 is 27.5 Å². The predicted octanol–water partition coefficient (Wildman–Crippen LogP) is 2.29. The van der Waals surface area contributed by atoms with Crippen LogP contribution in [0.25, 0.3) is 0 Å². The molecule has 8 nitrogen and oxygen atoms in total. The van der Waals surface area contributed by atoms with Crippen molar-refractivity contribution in [1.29, 1.82) is 0 Å². The Kier molecular flexibility index (Phi) is 7.15. The second kappa shape index (κ2) is 9.64. The second-order valence-electron chi connectivity index (χ2n) is 8.01. The number of anilines is 2. The molecule has 1 aromatic heterocycles. The van der Waals surface area contributed by atoms with Gasteiger partial charge in [-0.05, 0) is 45.4 Å². The van der Waals surface area contributed by atoms with E-state index >= 15 is 0 Å². The van der Waals surface area contributed by atoms with Crippen LogP contribution in [0.2, 0.25) is 0 Å². The number of hydrogen-bond acceptors (Lipinski definition) is 7. The monoisotopic (exact) mass is 445 g/mol. The quantitative estimate of drug-likeness (QED) is 0.699. The molecule has 1 aliphatic heterocycles. The number of aryl methyl sites for hydroxylation is 1. The molecule has 31 heavy (non-hydrogen) atoms. The molecule has 0 spiro atoms. The molecule has 0 saturated carbocycles. The Morgan fingerprint density at radius 2 is 1.74 bits per heavy atom. The van der Waals surface area contributed by atoms with E-state index in [0.29, 0.717) is 37.0 Å². The molecule has 168 valence electrons. The third-order valence-corrected chi connectivity index (χ3v) is 7.51. The van der Waals surface area contributed by atoms with Gasteiger partial charge in [-0.3, -0.25) is 4.79 Å². The number of carbonyl (C=O) groups excluding carboxylic acids is 1. The van der Waals surface area contributed by atoms with Gasteiger partial charge in [0.25, 0.3) is 0 Å². The number of amides is 1. The molecule has 1 amide bonds. The van der Waals surface area contributed by atoms with Crippen LogP contribution in [-0.4, -0.2) is 67.2 Å². The Balaban J connectivity index is 1.58. The Hall–Kier alpha value is -2.68. The highest BCUT2D eigenvalue weighted by atomic mass is 32.2. The summed E-state index contributed by atoms with van der Waals surface area (Å²) in [6.07, 6.45) is 0.257. The average Bonchev–Trinajstić information content (AvgIpc) is 2.74. The number of carbonyl (C=O) groups is 1. The van der Waals surface area contributed by atoms with Crippen LogP contribution < -0.4 is 10.2 Å². The topological polar surface area (TPSA) is 95.5 Å². The summed E-state index contributed by atoms with van der Waals surface area (Å²) in [4.78, 5) is 26.1. The van der Waals surface area contributed by atoms with E-state index in [1.54, 1.807) is 38.1 Å². The smallest absolute Gasteiger partial charge is 0.227 e. The molecule has 2 aromatic rings. The summed E-state index contributed by atoms with van der Waals surface area (Å²) < 4.78 is 24.5. The van der Waals surface area contributed by atoms with E-state index in [1.807, 2.05) is 24.8 Å². The number of rotatable bonds is 7. The standard InChI is InChI=1S/C22H31N5O3S/c1-5-23-20-14-17(4)24-22(25-20)27-12-10-26(11-13-27)21(28)15-18-6-8-19(9-7-18)31(29,30)16(2)3/h6-9,14,16H,5,10-13,15H2,1-4H3,(H,23,24,25). The number of hydrogen-bond donors (Lipinski definition) is 1. The van der Waals surface area contributed by atoms with E-state index in [9.17, 15) is 13.2 Å². The Morgan fingerprint density at radius 1 is 1.10 bits per heavy atom. The van der Waals surface area contributed by atoms with Gasteiger partial charge in [0.15, 0.2) is 9.84 Å². The first-order valence-electron chi connectivity index (χ1n) is 10.7. The Morgan fingerprint density at radius 3 is 2.32 bits per heavy atom. The first-order valence-corrected chi connectivity index (χ1v) is 12.2. The number of nitrogens with zero attached hydrogens (tertiary/aromatic N) is 4. The first-order chi connectivity index (χ1) is 14.7. The molecule has 0 unspecified atom stereocenters. The fraction of sp³-hybridized carbons (Fsp3) is 0.500. The van der Waals surface area contributed by atoms with Crippen LogP contribution in [0.1, 0.15) is 32.0 Å². The maximum atomic E-state index is 12.7. The molecule has 3 rings (SSSR count). The van der Waals surface area contributed by atoms with Gasteiger partial charge in [0, 0.05) is 44.5 Å². The number of aromatic nitrogens is 2. The highest BCUT2D eigenvalue weighted by Gasteiger charge is 2.24. The van der Waals surface area contributed by atoms with E-state index < -0.39 is 15.1 Å². The molecule has 9 heteroatoms. The fourth-order valence-corrected chi connectivity index (χ4v) is 4.54. The van der Waals surface area contributed by atoms with Gasteiger partial charge in [0.1, 0.15) is 5.82 Å². The second-order valence-corrected chi connectivity index (χ2v) is 10.5. The maximum absolute atomic E-state index is 12.7. The van der Waals surface area contributed by atoms with Crippen LogP contribution in [-0.2, 0) is 21.1 Å². The number of sulfone groups is 1. The van der Waals surface area contributed by atoms with Crippen LogP contribution in [0.15, 0.2) is 35.2 Å². The normalized spacial score (nSPS) is 14.7. The Labute approximate surface area is 184 Å². The molecular weight excluding hydrogens is 414 g/mol. The van der Waals surface area contributed by atoms with E-state index in [1.165, 1.54) is 0 Å². The lowest BCUT2D eigenvalue weighted by atomic mass is 10.1. The van der Waals surface area contributed by atoms with Crippen molar-refractivity contribution in [2.75, 3.05) is 42.9 Å². The highest BCUT2D eigenvalue weighted by Crippen LogP contribution is 2.18. The highest BCUT2D eigenvalue weighted by molar-refractivity contribution is 7.92. The van der Waals surface area contributed by atoms with Crippen molar-refractivity contribution in [2.24, 2.45) is 0 Å². The van der Waals surface area contributed by atoms with Crippen LogP contribution in [0.5, 0.6) is 0 Å². The summed E-state index contributed by atoms with van der Waals surface area (Å²) in [6.45, 7) is 10.6. The van der Waals surface area contributed by atoms with Crippen molar-refractivity contribution in [1.82, 2.24) is 14.9 Å². The zero-order valence-electron chi connectivity index (χ0n) is 18.6. The van der Waals surface area contributed by atoms with Gasteiger partial charge < -0.3 is 15.1 Å². The van der Waals surface area contributed by atoms with Crippen LogP contribution in [0.4, 0.5) is 11.8 Å². The van der Waals surface area contributed by atoms with Gasteiger partial charge in [-0.25, -0.2) is 13.4 Å². The summed E-state index contributed by atoms with van der Waals surface area (Å²) in [7, 11) is -3.30. The van der Waals surface area contributed by atoms with Gasteiger partial charge in [0.2, 0.25) is 11.9 Å². The molecule has 1 fully saturated rings. The lowest BCUT2D eigenvalue weighted by molar-refractivity contribution is -0.130. The summed E-state index contributed by atoms with van der Waals surface area (Å²) >= 11 is 0. The molecular formula is C22H31N5O3S. The summed E-state index contributed by atoms with van der Waals surface area (Å²) in [5, 5.41) is 2.75. The van der Waals surface area contributed by atoms with Crippen molar-refractivity contribution in [2.45, 2.75) is 44.3 Å². The van der Waals surface area contributed by atoms with E-state index in [2.05, 4.69) is 20.2 Å². The minimum Gasteiger partial charge on any atom is -0.370 e. The van der Waals surface area contributed by atoms with Gasteiger partial charge >= 0.3 is 0 Å². The van der Waals surface area contributed by atoms with E-state index in [0.717, 1.165) is 23.6 Å². The minimum absolute atomic E-state index is 0.0395. The lowest BCUT2D eigenvalue weighted by Crippen LogP contribution is -2.49. The summed E-state index contributed by atoms with van der Waals surface area (Å²) in [5.41, 5.74) is 1.72. The minimum atomic E-state index is -3.30. The van der Waals surface area contributed by atoms with Gasteiger partial charge in [0.05, 0.1) is 16.6 Å². The average molecular weight is 446 g/mol. The Bertz CT molecular complexity index is 1010. The fourth-order valence-electron chi connectivity index (χ4n) is 3.48.